The molecular formula is C26H32N6O5S. The molecule has 11 nitrogen and oxygen atoms in total. The lowest BCUT2D eigenvalue weighted by molar-refractivity contribution is -0.140. The van der Waals surface area contributed by atoms with Crippen molar-refractivity contribution in [1.29, 1.82) is 0 Å². The third-order valence-electron chi connectivity index (χ3n) is 6.12. The van der Waals surface area contributed by atoms with Gasteiger partial charge in [-0.1, -0.05) is 37.3 Å². The van der Waals surface area contributed by atoms with Crippen LogP contribution in [0.5, 0.6) is 0 Å². The van der Waals surface area contributed by atoms with E-state index in [4.69, 9.17) is 0 Å². The van der Waals surface area contributed by atoms with Crippen molar-refractivity contribution in [3.05, 3.63) is 76.1 Å². The zero-order valence-corrected chi connectivity index (χ0v) is 22.4. The molecule has 3 N–H and O–H groups in total. The third-order valence-corrected chi connectivity index (χ3v) is 7.14. The number of aryl methyl sites for hydroxylation is 1. The summed E-state index contributed by atoms with van der Waals surface area (Å²) >= 11 is 1.35. The van der Waals surface area contributed by atoms with E-state index in [0.29, 0.717) is 12.3 Å². The number of anilines is 1. The summed E-state index contributed by atoms with van der Waals surface area (Å²) in [6.45, 7) is 3.96. The SMILES string of the molecule is CCC(C(=O)NC(CC(=O)O)C(=O)CSCc1ccccc1)n1ccnc(NCc2cnn(C)c2C)c1=O. The largest absolute Gasteiger partial charge is 0.481 e. The molecule has 3 aromatic rings. The number of carboxylic acids is 1. The fraction of sp³-hybridized carbons (Fsp3) is 0.385. The van der Waals surface area contributed by atoms with Crippen LogP contribution < -0.4 is 16.2 Å². The van der Waals surface area contributed by atoms with Gasteiger partial charge >= 0.3 is 5.97 Å². The Hall–Kier alpha value is -3.93. The number of carbonyl (C=O) groups is 3. The van der Waals surface area contributed by atoms with Crippen LogP contribution in [0, 0.1) is 6.92 Å². The number of benzene rings is 1. The van der Waals surface area contributed by atoms with Gasteiger partial charge in [0.1, 0.15) is 6.04 Å². The Kier molecular flexibility index (Phi) is 10.2. The number of aromatic nitrogens is 4. The predicted molar refractivity (Wildman–Crippen MR) is 145 cm³/mol. The van der Waals surface area contributed by atoms with Crippen molar-refractivity contribution < 1.29 is 19.5 Å². The van der Waals surface area contributed by atoms with Crippen molar-refractivity contribution in [2.45, 2.75) is 51.1 Å². The Morgan fingerprint density at radius 1 is 1.18 bits per heavy atom. The van der Waals surface area contributed by atoms with Gasteiger partial charge in [-0.3, -0.25) is 28.4 Å². The van der Waals surface area contributed by atoms with Gasteiger partial charge in [0.15, 0.2) is 11.6 Å². The second-order valence-electron chi connectivity index (χ2n) is 8.75. The van der Waals surface area contributed by atoms with Crippen molar-refractivity contribution in [3.63, 3.8) is 0 Å². The van der Waals surface area contributed by atoms with Crippen molar-refractivity contribution >= 4 is 35.2 Å². The van der Waals surface area contributed by atoms with Crippen molar-refractivity contribution in [2.75, 3.05) is 11.1 Å². The number of hydrogen-bond donors (Lipinski definition) is 3. The number of nitrogens with one attached hydrogen (secondary N) is 2. The molecule has 2 aromatic heterocycles. The number of hydrogen-bond acceptors (Lipinski definition) is 8. The average molecular weight is 541 g/mol. The second-order valence-corrected chi connectivity index (χ2v) is 9.73. The van der Waals surface area contributed by atoms with Crippen LogP contribution in [0.2, 0.25) is 0 Å². The minimum Gasteiger partial charge on any atom is -0.481 e. The van der Waals surface area contributed by atoms with Crippen LogP contribution in [0.25, 0.3) is 0 Å². The van der Waals surface area contributed by atoms with Gasteiger partial charge in [0.25, 0.3) is 5.56 Å². The number of rotatable bonds is 14. The summed E-state index contributed by atoms with van der Waals surface area (Å²) in [4.78, 5) is 54.7. The van der Waals surface area contributed by atoms with E-state index in [0.717, 1.165) is 16.8 Å². The van der Waals surface area contributed by atoms with E-state index in [1.165, 1.54) is 28.7 Å². The molecule has 3 rings (SSSR count). The fourth-order valence-corrected chi connectivity index (χ4v) is 4.76. The van der Waals surface area contributed by atoms with Gasteiger partial charge in [0, 0.05) is 43.0 Å². The van der Waals surface area contributed by atoms with E-state index in [2.05, 4.69) is 20.7 Å². The summed E-state index contributed by atoms with van der Waals surface area (Å²) in [5.74, 6) is -1.52. The van der Waals surface area contributed by atoms with Crippen LogP contribution in [-0.4, -0.2) is 53.9 Å². The number of nitrogens with zero attached hydrogens (tertiary/aromatic N) is 4. The van der Waals surface area contributed by atoms with E-state index >= 15 is 0 Å². The molecule has 2 unspecified atom stereocenters. The fourth-order valence-electron chi connectivity index (χ4n) is 3.83. The van der Waals surface area contributed by atoms with Gasteiger partial charge in [-0.25, -0.2) is 4.98 Å². The highest BCUT2D eigenvalue weighted by atomic mass is 32.2. The van der Waals surface area contributed by atoms with Crippen LogP contribution in [0.1, 0.15) is 42.6 Å². The molecule has 0 radical (unpaired) electrons. The average Bonchev–Trinajstić information content (AvgIpc) is 3.21. The number of aliphatic carboxylic acids is 1. The Morgan fingerprint density at radius 2 is 1.92 bits per heavy atom. The molecule has 2 atom stereocenters. The summed E-state index contributed by atoms with van der Waals surface area (Å²) in [6, 6.07) is 7.42. The van der Waals surface area contributed by atoms with Gasteiger partial charge in [-0.15, -0.1) is 11.8 Å². The predicted octanol–water partition coefficient (Wildman–Crippen LogP) is 2.31. The number of ketones is 1. The highest BCUT2D eigenvalue weighted by Gasteiger charge is 2.28. The smallest absolute Gasteiger partial charge is 0.305 e. The highest BCUT2D eigenvalue weighted by Crippen LogP contribution is 2.15. The quantitative estimate of drug-likeness (QED) is 0.280. The van der Waals surface area contributed by atoms with Crippen LogP contribution in [0.15, 0.2) is 53.7 Å². The molecule has 0 spiro atoms. The van der Waals surface area contributed by atoms with E-state index in [9.17, 15) is 24.3 Å². The maximum absolute atomic E-state index is 13.2. The summed E-state index contributed by atoms with van der Waals surface area (Å²) < 4.78 is 2.97. The lowest BCUT2D eigenvalue weighted by atomic mass is 10.1. The first-order chi connectivity index (χ1) is 18.2. The zero-order valence-electron chi connectivity index (χ0n) is 21.6. The molecule has 0 aliphatic heterocycles. The van der Waals surface area contributed by atoms with Crippen molar-refractivity contribution in [1.82, 2.24) is 24.6 Å². The Balaban J connectivity index is 1.69. The molecule has 1 aromatic carbocycles. The normalized spacial score (nSPS) is 12.5. The topological polar surface area (TPSA) is 148 Å². The molecule has 0 saturated heterocycles. The Bertz CT molecular complexity index is 1320. The van der Waals surface area contributed by atoms with E-state index in [1.807, 2.05) is 44.3 Å². The van der Waals surface area contributed by atoms with E-state index in [1.54, 1.807) is 17.8 Å². The first-order valence-corrected chi connectivity index (χ1v) is 13.3. The van der Waals surface area contributed by atoms with E-state index < -0.39 is 41.7 Å². The summed E-state index contributed by atoms with van der Waals surface area (Å²) in [7, 11) is 1.82. The van der Waals surface area contributed by atoms with Crippen LogP contribution in [-0.2, 0) is 33.7 Å². The number of thioether (sulfide) groups is 1. The Morgan fingerprint density at radius 3 is 2.55 bits per heavy atom. The highest BCUT2D eigenvalue weighted by molar-refractivity contribution is 7.99. The summed E-state index contributed by atoms with van der Waals surface area (Å²) in [6.07, 6.45) is 4.21. The molecule has 0 saturated carbocycles. The maximum Gasteiger partial charge on any atom is 0.305 e. The number of Topliss-reactive ketones (excluding diaryl/α,β-unsaturated/α-hetero) is 1. The van der Waals surface area contributed by atoms with Crippen molar-refractivity contribution in [3.8, 4) is 0 Å². The number of carboxylic acid groups (broad SMARTS) is 1. The van der Waals surface area contributed by atoms with Crippen molar-refractivity contribution in [2.24, 2.45) is 7.05 Å². The van der Waals surface area contributed by atoms with Gasteiger partial charge in [-0.2, -0.15) is 5.10 Å². The molecule has 202 valence electrons. The molecule has 1 amide bonds. The molecule has 0 aliphatic carbocycles. The van der Waals surface area contributed by atoms with Gasteiger partial charge < -0.3 is 15.7 Å². The lowest BCUT2D eigenvalue weighted by Gasteiger charge is -2.22. The Labute approximate surface area is 224 Å². The first-order valence-electron chi connectivity index (χ1n) is 12.2. The summed E-state index contributed by atoms with van der Waals surface area (Å²) in [5, 5.41) is 19.1. The monoisotopic (exact) mass is 540 g/mol. The minimum absolute atomic E-state index is 0.0426. The van der Waals surface area contributed by atoms with Gasteiger partial charge in [0.05, 0.1) is 24.4 Å². The molecule has 0 aliphatic rings. The van der Waals surface area contributed by atoms with Crippen LogP contribution >= 0.6 is 11.8 Å². The van der Waals surface area contributed by atoms with E-state index in [-0.39, 0.29) is 18.0 Å². The molecule has 0 fully saturated rings. The van der Waals surface area contributed by atoms with Gasteiger partial charge in [0.2, 0.25) is 5.91 Å². The molecule has 0 bridgehead atoms. The molecular weight excluding hydrogens is 508 g/mol. The van der Waals surface area contributed by atoms with Crippen LogP contribution in [0.3, 0.4) is 0 Å². The first kappa shape index (κ1) is 28.6. The number of amides is 1. The lowest BCUT2D eigenvalue weighted by Crippen LogP contribution is -2.47. The molecule has 38 heavy (non-hydrogen) atoms. The standard InChI is InChI=1S/C26H32N6O5S/c1-4-21(32-11-10-27-24(26(32)37)28-13-19-14-29-31(3)17(19)2)25(36)30-20(12-23(34)35)22(33)16-38-15-18-8-6-5-7-9-18/h5-11,14,20-21H,4,12-13,15-16H2,1-3H3,(H,27,28)(H,30,36)(H,34,35). The molecule has 12 heteroatoms. The third kappa shape index (κ3) is 7.54. The van der Waals surface area contributed by atoms with Crippen LogP contribution in [0.4, 0.5) is 5.82 Å². The number of carbonyl (C=O) groups excluding carboxylic acids is 2. The maximum atomic E-state index is 13.2. The summed E-state index contributed by atoms with van der Waals surface area (Å²) in [5.41, 5.74) is 2.37. The molecule has 2 heterocycles. The second kappa shape index (κ2) is 13.6. The van der Waals surface area contributed by atoms with Gasteiger partial charge in [-0.05, 0) is 18.9 Å². The zero-order chi connectivity index (χ0) is 27.7. The minimum atomic E-state index is -1.21.